The molecule has 0 radical (unpaired) electrons. The molecule has 1 aliphatic heterocycles. The highest BCUT2D eigenvalue weighted by Gasteiger charge is 2.50. The van der Waals surface area contributed by atoms with Gasteiger partial charge < -0.3 is 4.57 Å². The number of nitrogens with zero attached hydrogens (tertiary/aromatic N) is 4. The van der Waals surface area contributed by atoms with Crippen molar-refractivity contribution in [3.63, 3.8) is 0 Å². The Morgan fingerprint density at radius 1 is 0.339 bits per heavy atom. The van der Waals surface area contributed by atoms with Crippen LogP contribution in [0.1, 0.15) is 22.3 Å². The van der Waals surface area contributed by atoms with Crippen molar-refractivity contribution in [1.82, 2.24) is 19.5 Å². The Morgan fingerprint density at radius 3 is 1.71 bits per heavy atom. The van der Waals surface area contributed by atoms with Crippen LogP contribution in [-0.2, 0) is 5.41 Å². The average Bonchev–Trinajstić information content (AvgIpc) is 3.77. The Morgan fingerprint density at radius 2 is 0.893 bits per heavy atom. The Kier molecular flexibility index (Phi) is 6.52. The molecule has 56 heavy (non-hydrogen) atoms. The van der Waals surface area contributed by atoms with E-state index in [-0.39, 0.29) is 0 Å². The number of rotatable bonds is 4. The SMILES string of the molecule is c1ccc(-c2cccc(-c3nc(-c4ccccc4)nc(-c4ccc5c(c4)C4(c6ccccc6-5)c5ccccc5-n5c6ccccc6c6cccc4c65)n3)c2)cc1. The normalized spacial score (nSPS) is 14.9. The van der Waals surface area contributed by atoms with Crippen molar-refractivity contribution in [3.05, 3.63) is 216 Å². The monoisotopic (exact) mass is 712 g/mol. The van der Waals surface area contributed by atoms with E-state index in [1.54, 1.807) is 0 Å². The standard InChI is InChI=1S/C52H32N4/c1-3-15-33(16-4-1)35-19-13-20-36(31-35)50-53-49(34-17-5-2-6-18-34)54-51(55-50)37-29-30-39-38-21-7-9-24-42(38)52(45(39)32-37)43-25-10-12-28-47(43)56-46-27-11-8-22-40(46)41-23-14-26-44(52)48(41)56/h1-32H. The molecule has 10 aromatic rings. The minimum Gasteiger partial charge on any atom is -0.309 e. The Hall–Kier alpha value is -7.43. The molecule has 1 aliphatic carbocycles. The Bertz CT molecular complexity index is 3200. The van der Waals surface area contributed by atoms with Gasteiger partial charge in [0.15, 0.2) is 17.5 Å². The molecule has 0 N–H and O–H groups in total. The van der Waals surface area contributed by atoms with E-state index in [1.165, 1.54) is 60.9 Å². The maximum Gasteiger partial charge on any atom is 0.164 e. The smallest absolute Gasteiger partial charge is 0.164 e. The number of hydrogen-bond acceptors (Lipinski definition) is 3. The first-order chi connectivity index (χ1) is 27.8. The second-order valence-corrected chi connectivity index (χ2v) is 14.7. The van der Waals surface area contributed by atoms with Crippen molar-refractivity contribution in [3.8, 4) is 62.1 Å². The van der Waals surface area contributed by atoms with E-state index in [4.69, 9.17) is 15.0 Å². The first-order valence-electron chi connectivity index (χ1n) is 19.1. The van der Waals surface area contributed by atoms with Gasteiger partial charge in [-0.25, -0.2) is 15.0 Å². The van der Waals surface area contributed by atoms with Crippen LogP contribution in [0.4, 0.5) is 0 Å². The van der Waals surface area contributed by atoms with Gasteiger partial charge in [0.05, 0.1) is 22.1 Å². The lowest BCUT2D eigenvalue weighted by atomic mass is 9.65. The molecule has 1 unspecified atom stereocenters. The molecule has 2 aromatic heterocycles. The van der Waals surface area contributed by atoms with E-state index in [2.05, 4.69) is 174 Å². The summed E-state index contributed by atoms with van der Waals surface area (Å²) in [5.74, 6) is 1.93. The topological polar surface area (TPSA) is 43.6 Å². The van der Waals surface area contributed by atoms with Gasteiger partial charge in [-0.15, -0.1) is 0 Å². The predicted molar refractivity (Wildman–Crippen MR) is 227 cm³/mol. The number of hydrogen-bond donors (Lipinski definition) is 0. The second kappa shape index (κ2) is 11.8. The van der Waals surface area contributed by atoms with Crippen LogP contribution < -0.4 is 0 Å². The fraction of sp³-hybridized carbons (Fsp3) is 0.0192. The van der Waals surface area contributed by atoms with E-state index >= 15 is 0 Å². The second-order valence-electron chi connectivity index (χ2n) is 14.7. The average molecular weight is 713 g/mol. The fourth-order valence-electron chi connectivity index (χ4n) is 9.52. The third kappa shape index (κ3) is 4.27. The molecule has 12 rings (SSSR count). The van der Waals surface area contributed by atoms with Gasteiger partial charge in [0.2, 0.25) is 0 Å². The molecule has 0 bridgehead atoms. The van der Waals surface area contributed by atoms with Gasteiger partial charge in [-0.3, -0.25) is 0 Å². The van der Waals surface area contributed by atoms with Gasteiger partial charge in [-0.1, -0.05) is 170 Å². The largest absolute Gasteiger partial charge is 0.309 e. The highest BCUT2D eigenvalue weighted by atomic mass is 15.0. The van der Waals surface area contributed by atoms with Crippen LogP contribution in [0.25, 0.3) is 83.9 Å². The van der Waals surface area contributed by atoms with Crippen LogP contribution in [0.5, 0.6) is 0 Å². The molecular weight excluding hydrogens is 681 g/mol. The summed E-state index contributed by atoms with van der Waals surface area (Å²) in [6, 6.07) is 69.6. The van der Waals surface area contributed by atoms with E-state index in [0.717, 1.165) is 27.8 Å². The molecule has 0 fully saturated rings. The summed E-state index contributed by atoms with van der Waals surface area (Å²) >= 11 is 0. The minimum absolute atomic E-state index is 0.565. The van der Waals surface area contributed by atoms with E-state index in [9.17, 15) is 0 Å². The Labute approximate surface area is 324 Å². The maximum absolute atomic E-state index is 5.26. The van der Waals surface area contributed by atoms with E-state index < -0.39 is 5.41 Å². The number of fused-ring (bicyclic) bond motifs is 12. The first kappa shape index (κ1) is 31.0. The van der Waals surface area contributed by atoms with Crippen molar-refractivity contribution in [2.45, 2.75) is 5.41 Å². The molecule has 8 aromatic carbocycles. The third-order valence-electron chi connectivity index (χ3n) is 11.8. The molecule has 1 atom stereocenters. The van der Waals surface area contributed by atoms with Crippen molar-refractivity contribution in [1.29, 1.82) is 0 Å². The summed E-state index contributed by atoms with van der Waals surface area (Å²) < 4.78 is 2.49. The molecular formula is C52H32N4. The summed E-state index contributed by atoms with van der Waals surface area (Å²) in [6.07, 6.45) is 0. The van der Waals surface area contributed by atoms with Gasteiger partial charge in [-0.2, -0.15) is 0 Å². The number of benzene rings is 8. The lowest BCUT2D eigenvalue weighted by molar-refractivity contribution is 0.748. The van der Waals surface area contributed by atoms with Crippen molar-refractivity contribution < 1.29 is 0 Å². The summed E-state index contributed by atoms with van der Waals surface area (Å²) in [7, 11) is 0. The lowest BCUT2D eigenvalue weighted by Crippen LogP contribution is -2.33. The van der Waals surface area contributed by atoms with E-state index in [1.807, 2.05) is 24.3 Å². The van der Waals surface area contributed by atoms with Crippen LogP contribution in [0.2, 0.25) is 0 Å². The molecule has 3 heterocycles. The van der Waals surface area contributed by atoms with Crippen molar-refractivity contribution >= 4 is 21.8 Å². The van der Waals surface area contributed by atoms with Crippen LogP contribution in [0.3, 0.4) is 0 Å². The molecule has 4 nitrogen and oxygen atoms in total. The molecule has 0 saturated carbocycles. The van der Waals surface area contributed by atoms with Crippen LogP contribution >= 0.6 is 0 Å². The maximum atomic E-state index is 5.26. The quantitative estimate of drug-likeness (QED) is 0.182. The van der Waals surface area contributed by atoms with Gasteiger partial charge in [-0.05, 0) is 68.8 Å². The highest BCUT2D eigenvalue weighted by molar-refractivity contribution is 6.12. The van der Waals surface area contributed by atoms with Crippen molar-refractivity contribution in [2.75, 3.05) is 0 Å². The highest BCUT2D eigenvalue weighted by Crippen LogP contribution is 2.61. The molecule has 260 valence electrons. The van der Waals surface area contributed by atoms with Gasteiger partial charge >= 0.3 is 0 Å². The van der Waals surface area contributed by atoms with Crippen molar-refractivity contribution in [2.24, 2.45) is 0 Å². The van der Waals surface area contributed by atoms with Crippen LogP contribution in [-0.4, -0.2) is 19.5 Å². The van der Waals surface area contributed by atoms with E-state index in [0.29, 0.717) is 17.5 Å². The zero-order valence-electron chi connectivity index (χ0n) is 30.3. The van der Waals surface area contributed by atoms with Crippen LogP contribution in [0.15, 0.2) is 194 Å². The molecule has 1 spiro atoms. The molecule has 2 aliphatic rings. The fourth-order valence-corrected chi connectivity index (χ4v) is 9.52. The molecule has 0 amide bonds. The summed E-state index contributed by atoms with van der Waals surface area (Å²) in [5.41, 5.74) is 15.8. The summed E-state index contributed by atoms with van der Waals surface area (Å²) in [4.78, 5) is 15.6. The zero-order chi connectivity index (χ0) is 36.8. The van der Waals surface area contributed by atoms with Gasteiger partial charge in [0, 0.05) is 27.5 Å². The number of para-hydroxylation sites is 3. The van der Waals surface area contributed by atoms with Crippen LogP contribution in [0, 0.1) is 0 Å². The predicted octanol–water partition coefficient (Wildman–Crippen LogP) is 12.3. The van der Waals surface area contributed by atoms with Gasteiger partial charge in [0.1, 0.15) is 0 Å². The summed E-state index contributed by atoms with van der Waals surface area (Å²) in [5, 5.41) is 2.53. The number of aromatic nitrogens is 4. The molecule has 0 saturated heterocycles. The van der Waals surface area contributed by atoms with Gasteiger partial charge in [0.25, 0.3) is 0 Å². The molecule has 4 heteroatoms. The minimum atomic E-state index is -0.565. The third-order valence-corrected chi connectivity index (χ3v) is 11.8. The Balaban J connectivity index is 1.13. The first-order valence-corrected chi connectivity index (χ1v) is 19.1. The zero-order valence-corrected chi connectivity index (χ0v) is 30.3. The summed E-state index contributed by atoms with van der Waals surface area (Å²) in [6.45, 7) is 0. The lowest BCUT2D eigenvalue weighted by Gasteiger charge is -2.39.